The molecule has 10 atom stereocenters. The Hall–Kier alpha value is -2.17. The average molecular weight is 587 g/mol. The molecule has 2 saturated carbocycles. The van der Waals surface area contributed by atoms with Crippen molar-refractivity contribution >= 4 is 35.5 Å². The van der Waals surface area contributed by atoms with E-state index in [1.165, 1.54) is 13.8 Å². The van der Waals surface area contributed by atoms with Crippen molar-refractivity contribution in [2.45, 2.75) is 122 Å². The quantitative estimate of drug-likeness (QED) is 0.213. The second kappa shape index (κ2) is 11.6. The molecular weight excluding hydrogens is 544 g/mol. The molecule has 0 amide bonds. The van der Waals surface area contributed by atoms with Crippen molar-refractivity contribution in [3.63, 3.8) is 0 Å². The Morgan fingerprint density at radius 3 is 2.30 bits per heavy atom. The maximum absolute atomic E-state index is 12.9. The van der Waals surface area contributed by atoms with Gasteiger partial charge in [0.15, 0.2) is 11.7 Å². The molecule has 10 nitrogen and oxygen atoms in total. The zero-order valence-corrected chi connectivity index (χ0v) is 25.2. The predicted octanol–water partition coefficient (Wildman–Crippen LogP) is 3.23. The highest BCUT2D eigenvalue weighted by Crippen LogP contribution is 2.58. The number of rotatable bonds is 5. The summed E-state index contributed by atoms with van der Waals surface area (Å²) in [6.45, 7) is 14.9. The summed E-state index contributed by atoms with van der Waals surface area (Å²) >= 11 is 6.77. The number of carbonyl (C=O) groups is 4. The van der Waals surface area contributed by atoms with Crippen molar-refractivity contribution < 1.29 is 48.3 Å². The van der Waals surface area contributed by atoms with Crippen LogP contribution in [0.4, 0.5) is 0 Å². The molecule has 2 aliphatic carbocycles. The normalized spacial score (nSPS) is 41.8. The standard InChI is InChI=1S/C29H43ClO10/c1-9-20(32)38-18-11-10-15(4)21(30)23-29(36,16(5)26(34)40-23)24(37-17(6)31)22-27(18,7)13-12-19(28(22,8)35)39-25(33)14(2)3/h14,16,18-19,21-24,35-36H,4,9-13H2,1-3,5-8H3. The summed E-state index contributed by atoms with van der Waals surface area (Å²) in [4.78, 5) is 50.9. The van der Waals surface area contributed by atoms with Crippen molar-refractivity contribution in [2.24, 2.45) is 23.2 Å². The maximum Gasteiger partial charge on any atom is 0.312 e. The van der Waals surface area contributed by atoms with Crippen LogP contribution in [0.1, 0.15) is 80.6 Å². The van der Waals surface area contributed by atoms with E-state index in [-0.39, 0.29) is 32.1 Å². The highest BCUT2D eigenvalue weighted by Gasteiger charge is 2.71. The highest BCUT2D eigenvalue weighted by atomic mass is 35.5. The fraction of sp³-hybridized carbons (Fsp3) is 0.793. The average Bonchev–Trinajstić information content (AvgIpc) is 3.10. The minimum absolute atomic E-state index is 0.0973. The van der Waals surface area contributed by atoms with E-state index >= 15 is 0 Å². The van der Waals surface area contributed by atoms with E-state index < -0.39 is 88.0 Å². The molecule has 1 aliphatic heterocycles. The van der Waals surface area contributed by atoms with E-state index in [4.69, 9.17) is 30.5 Å². The van der Waals surface area contributed by atoms with E-state index in [0.29, 0.717) is 5.57 Å². The number of hydrogen-bond acceptors (Lipinski definition) is 10. The number of halogens is 1. The predicted molar refractivity (Wildman–Crippen MR) is 144 cm³/mol. The smallest absolute Gasteiger partial charge is 0.312 e. The first kappa shape index (κ1) is 32.3. The molecule has 3 fully saturated rings. The second-order valence-electron chi connectivity index (χ2n) is 12.3. The van der Waals surface area contributed by atoms with Crippen molar-refractivity contribution in [3.05, 3.63) is 12.2 Å². The Morgan fingerprint density at radius 2 is 1.75 bits per heavy atom. The van der Waals surface area contributed by atoms with Gasteiger partial charge in [-0.2, -0.15) is 0 Å². The van der Waals surface area contributed by atoms with Crippen LogP contribution in [0, 0.1) is 23.2 Å². The first-order chi connectivity index (χ1) is 18.4. The Morgan fingerprint density at radius 1 is 1.12 bits per heavy atom. The summed E-state index contributed by atoms with van der Waals surface area (Å²) in [6.07, 6.45) is -3.72. The van der Waals surface area contributed by atoms with Crippen LogP contribution in [-0.2, 0) is 38.1 Å². The number of hydrogen-bond donors (Lipinski definition) is 2. The number of esters is 4. The maximum atomic E-state index is 12.9. The molecule has 1 heterocycles. The molecular formula is C29H43ClO10. The van der Waals surface area contributed by atoms with Crippen LogP contribution in [0.2, 0.25) is 0 Å². The van der Waals surface area contributed by atoms with Crippen molar-refractivity contribution in [3.8, 4) is 0 Å². The molecule has 10 unspecified atom stereocenters. The Balaban J connectivity index is 2.32. The second-order valence-corrected chi connectivity index (χ2v) is 12.7. The van der Waals surface area contributed by atoms with Gasteiger partial charge in [0.1, 0.15) is 23.9 Å². The summed E-state index contributed by atoms with van der Waals surface area (Å²) in [5.41, 5.74) is -4.81. The van der Waals surface area contributed by atoms with Gasteiger partial charge in [-0.05, 0) is 39.5 Å². The van der Waals surface area contributed by atoms with Gasteiger partial charge >= 0.3 is 23.9 Å². The molecule has 226 valence electrons. The van der Waals surface area contributed by atoms with Gasteiger partial charge in [-0.15, -0.1) is 11.6 Å². The number of fused-ring (bicyclic) bond motifs is 2. The van der Waals surface area contributed by atoms with Crippen molar-refractivity contribution in [1.29, 1.82) is 0 Å². The van der Waals surface area contributed by atoms with Crippen LogP contribution >= 0.6 is 11.6 Å². The monoisotopic (exact) mass is 586 g/mol. The lowest BCUT2D eigenvalue weighted by molar-refractivity contribution is -0.270. The zero-order chi connectivity index (χ0) is 30.4. The third kappa shape index (κ3) is 5.51. The number of alkyl halides is 1. The molecule has 3 rings (SSSR count). The molecule has 3 aliphatic rings. The van der Waals surface area contributed by atoms with Crippen molar-refractivity contribution in [1.82, 2.24) is 0 Å². The summed E-state index contributed by atoms with van der Waals surface area (Å²) in [7, 11) is 0. The van der Waals surface area contributed by atoms with Crippen molar-refractivity contribution in [2.75, 3.05) is 0 Å². The first-order valence-corrected chi connectivity index (χ1v) is 14.4. The highest BCUT2D eigenvalue weighted by molar-refractivity contribution is 6.23. The fourth-order valence-electron chi connectivity index (χ4n) is 6.73. The molecule has 0 aromatic rings. The van der Waals surface area contributed by atoms with Crippen LogP contribution in [-0.4, -0.2) is 75.1 Å². The lowest BCUT2D eigenvalue weighted by atomic mass is 9.52. The van der Waals surface area contributed by atoms with Gasteiger partial charge in [0.2, 0.25) is 0 Å². The van der Waals surface area contributed by atoms with Crippen LogP contribution < -0.4 is 0 Å². The number of ether oxygens (including phenoxy) is 4. The lowest BCUT2D eigenvalue weighted by Gasteiger charge is -2.59. The third-order valence-electron chi connectivity index (χ3n) is 9.15. The Kier molecular flexibility index (Phi) is 9.38. The minimum Gasteiger partial charge on any atom is -0.462 e. The van der Waals surface area contributed by atoms with E-state index in [1.54, 1.807) is 27.7 Å². The van der Waals surface area contributed by atoms with Crippen LogP contribution in [0.3, 0.4) is 0 Å². The van der Waals surface area contributed by atoms with E-state index in [2.05, 4.69) is 6.58 Å². The molecule has 2 N–H and O–H groups in total. The first-order valence-electron chi connectivity index (χ1n) is 14.0. The van der Waals surface area contributed by atoms with Gasteiger partial charge < -0.3 is 29.2 Å². The summed E-state index contributed by atoms with van der Waals surface area (Å²) in [5.74, 6) is -5.44. The minimum atomic E-state index is -2.21. The molecule has 11 heteroatoms. The van der Waals surface area contributed by atoms with E-state index in [9.17, 15) is 29.4 Å². The number of aliphatic hydroxyl groups is 2. The van der Waals surface area contributed by atoms with Gasteiger partial charge in [-0.3, -0.25) is 19.2 Å². The Bertz CT molecular complexity index is 1040. The SMILES string of the molecule is C=C1CCC(OC(=O)CC)C2(C)CCC(OC(=O)C(C)C)C(C)(O)C2C(OC(C)=O)C2(O)C(C)C(=O)OC2C1Cl. The van der Waals surface area contributed by atoms with Gasteiger partial charge in [0.25, 0.3) is 0 Å². The van der Waals surface area contributed by atoms with E-state index in [1.807, 2.05) is 0 Å². The molecule has 0 radical (unpaired) electrons. The molecule has 0 spiro atoms. The molecule has 40 heavy (non-hydrogen) atoms. The van der Waals surface area contributed by atoms with Crippen LogP contribution in [0.25, 0.3) is 0 Å². The van der Waals surface area contributed by atoms with Gasteiger partial charge in [0.05, 0.1) is 17.2 Å². The zero-order valence-electron chi connectivity index (χ0n) is 24.4. The summed E-state index contributed by atoms with van der Waals surface area (Å²) in [6, 6.07) is 0. The summed E-state index contributed by atoms with van der Waals surface area (Å²) in [5, 5.41) is 23.7. The Labute approximate surface area is 240 Å². The lowest BCUT2D eigenvalue weighted by Crippen LogP contribution is -2.71. The molecule has 0 aromatic heterocycles. The molecule has 1 saturated heterocycles. The van der Waals surface area contributed by atoms with Gasteiger partial charge in [0, 0.05) is 24.7 Å². The largest absolute Gasteiger partial charge is 0.462 e. The number of carbonyl (C=O) groups excluding carboxylic acids is 4. The molecule has 0 bridgehead atoms. The van der Waals surface area contributed by atoms with E-state index in [0.717, 1.165) is 6.92 Å². The third-order valence-corrected chi connectivity index (χ3v) is 9.68. The summed E-state index contributed by atoms with van der Waals surface area (Å²) < 4.78 is 23.2. The fourth-order valence-corrected chi connectivity index (χ4v) is 7.09. The van der Waals surface area contributed by atoms with Gasteiger partial charge in [-0.25, -0.2) is 0 Å². The van der Waals surface area contributed by atoms with Crippen LogP contribution in [0.15, 0.2) is 12.2 Å². The topological polar surface area (TPSA) is 146 Å². The molecule has 0 aromatic carbocycles. The van der Waals surface area contributed by atoms with Gasteiger partial charge in [-0.1, -0.05) is 39.8 Å². The van der Waals surface area contributed by atoms with Crippen LogP contribution in [0.5, 0.6) is 0 Å².